The van der Waals surface area contributed by atoms with Crippen molar-refractivity contribution in [2.24, 2.45) is 0 Å². The van der Waals surface area contributed by atoms with Gasteiger partial charge in [-0.2, -0.15) is 0 Å². The number of hydrogen-bond donors (Lipinski definition) is 0. The molecule has 0 saturated carbocycles. The zero-order valence-corrected chi connectivity index (χ0v) is 17.3. The van der Waals surface area contributed by atoms with Crippen LogP contribution in [-0.2, 0) is 0 Å². The second-order valence-electron chi connectivity index (χ2n) is 7.32. The average molecular weight is 338 g/mol. The Balaban J connectivity index is 2.74. The molecule has 2 aromatic rings. The number of ketones is 1. The van der Waals surface area contributed by atoms with Crippen molar-refractivity contribution in [3.05, 3.63) is 55.6 Å². The van der Waals surface area contributed by atoms with Gasteiger partial charge >= 0.3 is 0 Å². The SMILES string of the molecule is CC(=O)c1c(C)c(C)c(Oc2c(C)c(C)c(C)c(C)c2C)c(C)c1C. The van der Waals surface area contributed by atoms with E-state index >= 15 is 0 Å². The maximum atomic E-state index is 12.1. The van der Waals surface area contributed by atoms with Gasteiger partial charge < -0.3 is 4.74 Å². The lowest BCUT2D eigenvalue weighted by Crippen LogP contribution is -2.08. The van der Waals surface area contributed by atoms with Gasteiger partial charge in [-0.3, -0.25) is 4.79 Å². The van der Waals surface area contributed by atoms with E-state index in [9.17, 15) is 4.79 Å². The highest BCUT2D eigenvalue weighted by atomic mass is 16.5. The summed E-state index contributed by atoms with van der Waals surface area (Å²) < 4.78 is 6.50. The van der Waals surface area contributed by atoms with Gasteiger partial charge in [-0.25, -0.2) is 0 Å². The summed E-state index contributed by atoms with van der Waals surface area (Å²) in [6, 6.07) is 0. The molecule has 2 heteroatoms. The van der Waals surface area contributed by atoms with Crippen LogP contribution in [0.25, 0.3) is 0 Å². The molecule has 0 radical (unpaired) electrons. The molecule has 0 aliphatic carbocycles. The van der Waals surface area contributed by atoms with Crippen LogP contribution in [0.15, 0.2) is 0 Å². The van der Waals surface area contributed by atoms with Crippen LogP contribution < -0.4 is 4.74 Å². The minimum absolute atomic E-state index is 0.113. The van der Waals surface area contributed by atoms with E-state index in [4.69, 9.17) is 4.74 Å². The molecule has 0 heterocycles. The lowest BCUT2D eigenvalue weighted by Gasteiger charge is -2.23. The van der Waals surface area contributed by atoms with Crippen molar-refractivity contribution >= 4 is 5.78 Å². The van der Waals surface area contributed by atoms with Crippen LogP contribution >= 0.6 is 0 Å². The second kappa shape index (κ2) is 6.67. The van der Waals surface area contributed by atoms with Crippen LogP contribution in [0.5, 0.6) is 11.5 Å². The standard InChI is InChI=1S/C23H30O2/c1-11-12(2)16(6)22(17(7)13(11)3)25-23-18(8)14(4)21(20(10)24)15(5)19(23)9/h1-10H3. The Morgan fingerprint density at radius 1 is 0.520 bits per heavy atom. The van der Waals surface area contributed by atoms with Crippen molar-refractivity contribution in [3.8, 4) is 11.5 Å². The van der Waals surface area contributed by atoms with E-state index in [0.29, 0.717) is 0 Å². The van der Waals surface area contributed by atoms with Crippen LogP contribution in [0.1, 0.15) is 67.4 Å². The third kappa shape index (κ3) is 2.99. The van der Waals surface area contributed by atoms with E-state index in [1.54, 1.807) is 6.92 Å². The highest BCUT2D eigenvalue weighted by molar-refractivity contribution is 5.98. The number of carbonyl (C=O) groups is 1. The van der Waals surface area contributed by atoms with E-state index < -0.39 is 0 Å². The largest absolute Gasteiger partial charge is 0.456 e. The molecule has 0 fully saturated rings. The van der Waals surface area contributed by atoms with Crippen molar-refractivity contribution in [2.45, 2.75) is 69.2 Å². The average Bonchev–Trinajstić information content (AvgIpc) is 2.55. The number of carbonyl (C=O) groups excluding carboxylic acids is 1. The first kappa shape index (κ1) is 19.2. The van der Waals surface area contributed by atoms with E-state index in [1.165, 1.54) is 27.8 Å². The van der Waals surface area contributed by atoms with Crippen LogP contribution in [-0.4, -0.2) is 5.78 Å². The predicted octanol–water partition coefficient (Wildman–Crippen LogP) is 6.46. The molecule has 2 aromatic carbocycles. The van der Waals surface area contributed by atoms with Gasteiger partial charge in [0.1, 0.15) is 11.5 Å². The third-order valence-corrected chi connectivity index (χ3v) is 6.04. The summed E-state index contributed by atoms with van der Waals surface area (Å²) in [4.78, 5) is 12.1. The molecule has 0 aromatic heterocycles. The van der Waals surface area contributed by atoms with Gasteiger partial charge in [0.15, 0.2) is 5.78 Å². The molecule has 2 rings (SSSR count). The van der Waals surface area contributed by atoms with E-state index in [2.05, 4.69) is 34.6 Å². The fourth-order valence-corrected chi connectivity index (χ4v) is 3.68. The molecule has 25 heavy (non-hydrogen) atoms. The molecule has 0 atom stereocenters. The number of Topliss-reactive ketones (excluding diaryl/α,β-unsaturated/α-hetero) is 1. The zero-order valence-electron chi connectivity index (χ0n) is 17.3. The molecule has 134 valence electrons. The van der Waals surface area contributed by atoms with Crippen molar-refractivity contribution in [2.75, 3.05) is 0 Å². The fraction of sp³-hybridized carbons (Fsp3) is 0.435. The highest BCUT2D eigenvalue weighted by Crippen LogP contribution is 2.40. The number of benzene rings is 2. The summed E-state index contributed by atoms with van der Waals surface area (Å²) in [6.07, 6.45) is 0. The van der Waals surface area contributed by atoms with Gasteiger partial charge in [0.2, 0.25) is 0 Å². The van der Waals surface area contributed by atoms with Crippen LogP contribution in [0.2, 0.25) is 0 Å². The molecule has 0 saturated heterocycles. The zero-order chi connectivity index (χ0) is 19.2. The van der Waals surface area contributed by atoms with Gasteiger partial charge in [0.05, 0.1) is 0 Å². The summed E-state index contributed by atoms with van der Waals surface area (Å²) in [5.41, 5.74) is 11.2. The summed E-state index contributed by atoms with van der Waals surface area (Å²) in [5.74, 6) is 1.94. The lowest BCUT2D eigenvalue weighted by atomic mass is 9.90. The Morgan fingerprint density at radius 3 is 1.12 bits per heavy atom. The highest BCUT2D eigenvalue weighted by Gasteiger charge is 2.21. The third-order valence-electron chi connectivity index (χ3n) is 6.04. The molecule has 0 N–H and O–H groups in total. The fourth-order valence-electron chi connectivity index (χ4n) is 3.68. The number of hydrogen-bond acceptors (Lipinski definition) is 2. The minimum Gasteiger partial charge on any atom is -0.456 e. The first-order valence-corrected chi connectivity index (χ1v) is 8.86. The van der Waals surface area contributed by atoms with Crippen molar-refractivity contribution in [1.29, 1.82) is 0 Å². The summed E-state index contributed by atoms with van der Waals surface area (Å²) in [7, 11) is 0. The van der Waals surface area contributed by atoms with Crippen LogP contribution in [0.3, 0.4) is 0 Å². The van der Waals surface area contributed by atoms with Gasteiger partial charge in [-0.05, 0) is 119 Å². The lowest BCUT2D eigenvalue weighted by molar-refractivity contribution is 0.101. The van der Waals surface area contributed by atoms with E-state index in [-0.39, 0.29) is 5.78 Å². The normalized spacial score (nSPS) is 11.0. The molecule has 2 nitrogen and oxygen atoms in total. The first-order valence-electron chi connectivity index (χ1n) is 8.86. The molecule has 0 bridgehead atoms. The summed E-state index contributed by atoms with van der Waals surface area (Å²) in [5, 5.41) is 0. The van der Waals surface area contributed by atoms with Gasteiger partial charge in [-0.15, -0.1) is 0 Å². The Labute approximate surface area is 152 Å². The Hall–Kier alpha value is -2.09. The van der Waals surface area contributed by atoms with Gasteiger partial charge in [0, 0.05) is 5.56 Å². The Kier molecular flexibility index (Phi) is 5.13. The van der Waals surface area contributed by atoms with Crippen LogP contribution in [0, 0.1) is 62.3 Å². The molecule has 0 amide bonds. The smallest absolute Gasteiger partial charge is 0.160 e. The second-order valence-corrected chi connectivity index (χ2v) is 7.32. The van der Waals surface area contributed by atoms with E-state index in [1.807, 2.05) is 27.7 Å². The Bertz CT molecular complexity index is 828. The maximum Gasteiger partial charge on any atom is 0.160 e. The molecule has 0 unspecified atom stereocenters. The molecular formula is C23H30O2. The maximum absolute atomic E-state index is 12.1. The van der Waals surface area contributed by atoms with Crippen molar-refractivity contribution in [3.63, 3.8) is 0 Å². The first-order chi connectivity index (χ1) is 11.5. The van der Waals surface area contributed by atoms with Crippen molar-refractivity contribution in [1.82, 2.24) is 0 Å². The van der Waals surface area contributed by atoms with Gasteiger partial charge in [0.25, 0.3) is 0 Å². The molecule has 0 aliphatic rings. The molecule has 0 aliphatic heterocycles. The molecule has 0 spiro atoms. The quantitative estimate of drug-likeness (QED) is 0.600. The molecular weight excluding hydrogens is 308 g/mol. The number of ether oxygens (including phenoxy) is 1. The van der Waals surface area contributed by atoms with Crippen molar-refractivity contribution < 1.29 is 9.53 Å². The summed E-state index contributed by atoms with van der Waals surface area (Å²) >= 11 is 0. The van der Waals surface area contributed by atoms with Gasteiger partial charge in [-0.1, -0.05) is 0 Å². The van der Waals surface area contributed by atoms with E-state index in [0.717, 1.165) is 39.3 Å². The van der Waals surface area contributed by atoms with Crippen LogP contribution in [0.4, 0.5) is 0 Å². The predicted molar refractivity (Wildman–Crippen MR) is 106 cm³/mol. The number of rotatable bonds is 3. The topological polar surface area (TPSA) is 26.3 Å². The Morgan fingerprint density at radius 2 is 0.800 bits per heavy atom. The minimum atomic E-state index is 0.113. The summed E-state index contributed by atoms with van der Waals surface area (Å²) in [6.45, 7) is 20.5. The monoisotopic (exact) mass is 338 g/mol.